The minimum Gasteiger partial charge on any atom is -0.480 e. The summed E-state index contributed by atoms with van der Waals surface area (Å²) in [4.78, 5) is 21.6. The van der Waals surface area contributed by atoms with Gasteiger partial charge in [0.1, 0.15) is 6.54 Å². The molecule has 0 unspecified atom stereocenters. The van der Waals surface area contributed by atoms with Gasteiger partial charge in [-0.2, -0.15) is 13.2 Å². The normalized spacial score (nSPS) is 12.4. The smallest absolute Gasteiger partial charge is 0.471 e. The van der Waals surface area contributed by atoms with Crippen molar-refractivity contribution >= 4 is 11.9 Å². The third-order valence-electron chi connectivity index (χ3n) is 1.52. The van der Waals surface area contributed by atoms with Crippen LogP contribution in [0.3, 0.4) is 0 Å². The fraction of sp³-hybridized carbons (Fsp3) is 0.778. The minimum atomic E-state index is -5.04. The fourth-order valence-electron chi connectivity index (χ4n) is 1.11. The average molecular weight is 241 g/mol. The van der Waals surface area contributed by atoms with E-state index >= 15 is 0 Å². The Labute approximate surface area is 91.0 Å². The predicted molar refractivity (Wildman–Crippen MR) is 49.7 cm³/mol. The summed E-state index contributed by atoms with van der Waals surface area (Å²) >= 11 is 0. The second-order valence-corrected chi connectivity index (χ2v) is 4.61. The van der Waals surface area contributed by atoms with Crippen molar-refractivity contribution in [2.24, 2.45) is 5.41 Å². The van der Waals surface area contributed by atoms with Crippen molar-refractivity contribution in [3.05, 3.63) is 0 Å². The Morgan fingerprint density at radius 3 is 1.88 bits per heavy atom. The number of hydrogen-bond donors (Lipinski definition) is 1. The highest BCUT2D eigenvalue weighted by Gasteiger charge is 2.43. The first-order valence-electron chi connectivity index (χ1n) is 4.51. The van der Waals surface area contributed by atoms with Crippen molar-refractivity contribution in [2.75, 3.05) is 13.1 Å². The van der Waals surface area contributed by atoms with Gasteiger partial charge in [-0.05, 0) is 5.41 Å². The number of aliphatic carboxylic acids is 1. The van der Waals surface area contributed by atoms with Crippen LogP contribution in [-0.4, -0.2) is 41.1 Å². The molecule has 0 heterocycles. The number of rotatable bonds is 3. The molecule has 1 N–H and O–H groups in total. The highest BCUT2D eigenvalue weighted by atomic mass is 19.4. The van der Waals surface area contributed by atoms with Crippen LogP contribution < -0.4 is 0 Å². The molecule has 0 atom stereocenters. The first kappa shape index (κ1) is 14.7. The van der Waals surface area contributed by atoms with Gasteiger partial charge in [-0.3, -0.25) is 9.59 Å². The van der Waals surface area contributed by atoms with Crippen LogP contribution >= 0.6 is 0 Å². The van der Waals surface area contributed by atoms with E-state index in [1.54, 1.807) is 20.8 Å². The molecule has 0 saturated carbocycles. The Bertz CT molecular complexity index is 281. The molecular formula is C9H14F3NO3. The number of amides is 1. The molecule has 0 spiro atoms. The summed E-state index contributed by atoms with van der Waals surface area (Å²) in [5, 5.41) is 8.43. The number of hydrogen-bond acceptors (Lipinski definition) is 2. The van der Waals surface area contributed by atoms with Crippen molar-refractivity contribution < 1.29 is 27.9 Å². The van der Waals surface area contributed by atoms with Crippen LogP contribution in [0.4, 0.5) is 13.2 Å². The summed E-state index contributed by atoms with van der Waals surface area (Å²) in [5.41, 5.74) is -0.601. The maximum Gasteiger partial charge on any atom is 0.471 e. The minimum absolute atomic E-state index is 0.266. The van der Waals surface area contributed by atoms with Crippen LogP contribution in [0.2, 0.25) is 0 Å². The third kappa shape index (κ3) is 5.57. The zero-order valence-electron chi connectivity index (χ0n) is 9.26. The topological polar surface area (TPSA) is 57.6 Å². The van der Waals surface area contributed by atoms with E-state index in [0.717, 1.165) is 0 Å². The van der Waals surface area contributed by atoms with Gasteiger partial charge in [0.15, 0.2) is 0 Å². The van der Waals surface area contributed by atoms with Gasteiger partial charge in [-0.25, -0.2) is 0 Å². The molecule has 0 rings (SSSR count). The van der Waals surface area contributed by atoms with Crippen LogP contribution in [0.25, 0.3) is 0 Å². The number of alkyl halides is 3. The number of carbonyl (C=O) groups excluding carboxylic acids is 1. The summed E-state index contributed by atoms with van der Waals surface area (Å²) < 4.78 is 36.4. The number of carbonyl (C=O) groups is 2. The van der Waals surface area contributed by atoms with E-state index in [1.165, 1.54) is 0 Å². The molecule has 7 heteroatoms. The highest BCUT2D eigenvalue weighted by molar-refractivity contribution is 5.85. The van der Waals surface area contributed by atoms with Crippen LogP contribution in [0.15, 0.2) is 0 Å². The first-order valence-corrected chi connectivity index (χ1v) is 4.51. The van der Waals surface area contributed by atoms with E-state index in [9.17, 15) is 22.8 Å². The molecule has 94 valence electrons. The molecule has 0 aliphatic carbocycles. The van der Waals surface area contributed by atoms with Gasteiger partial charge in [0.25, 0.3) is 0 Å². The monoisotopic (exact) mass is 241 g/mol. The lowest BCUT2D eigenvalue weighted by Crippen LogP contribution is -2.47. The maximum absolute atomic E-state index is 12.1. The second kappa shape index (κ2) is 4.71. The summed E-state index contributed by atoms with van der Waals surface area (Å²) in [6.45, 7) is 3.63. The zero-order valence-corrected chi connectivity index (χ0v) is 9.26. The standard InChI is InChI=1S/C9H14F3NO3/c1-8(2,3)5-13(4-6(14)15)7(16)9(10,11)12/h4-5H2,1-3H3,(H,14,15). The van der Waals surface area contributed by atoms with Crippen LogP contribution in [0.1, 0.15) is 20.8 Å². The van der Waals surface area contributed by atoms with Gasteiger partial charge in [0.2, 0.25) is 0 Å². The highest BCUT2D eigenvalue weighted by Crippen LogP contribution is 2.22. The van der Waals surface area contributed by atoms with E-state index in [2.05, 4.69) is 0 Å². The SMILES string of the molecule is CC(C)(C)CN(CC(=O)O)C(=O)C(F)(F)F. The summed E-state index contributed by atoms with van der Waals surface area (Å²) in [5.74, 6) is -3.59. The summed E-state index contributed by atoms with van der Waals surface area (Å²) in [6.07, 6.45) is -5.04. The van der Waals surface area contributed by atoms with Crippen molar-refractivity contribution in [3.8, 4) is 0 Å². The van der Waals surface area contributed by atoms with Crippen LogP contribution in [0.5, 0.6) is 0 Å². The number of halogens is 3. The molecule has 16 heavy (non-hydrogen) atoms. The maximum atomic E-state index is 12.1. The fourth-order valence-corrected chi connectivity index (χ4v) is 1.11. The molecule has 0 aromatic rings. The van der Waals surface area contributed by atoms with Gasteiger partial charge in [0, 0.05) is 6.54 Å². The molecule has 1 amide bonds. The molecule has 0 bridgehead atoms. The average Bonchev–Trinajstić information content (AvgIpc) is 1.96. The number of nitrogens with zero attached hydrogens (tertiary/aromatic N) is 1. The van der Waals surface area contributed by atoms with Crippen LogP contribution in [-0.2, 0) is 9.59 Å². The predicted octanol–water partition coefficient (Wildman–Crippen LogP) is 1.51. The van der Waals surface area contributed by atoms with Crippen LogP contribution in [0, 0.1) is 5.41 Å². The molecule has 0 aromatic heterocycles. The van der Waals surface area contributed by atoms with Crippen molar-refractivity contribution in [1.29, 1.82) is 0 Å². The lowest BCUT2D eigenvalue weighted by atomic mass is 9.96. The zero-order chi connectivity index (χ0) is 13.1. The number of carboxylic acids is 1. The number of carboxylic acid groups (broad SMARTS) is 1. The Morgan fingerprint density at radius 1 is 1.19 bits per heavy atom. The molecule has 0 fully saturated rings. The molecule has 4 nitrogen and oxygen atoms in total. The van der Waals surface area contributed by atoms with Crippen molar-refractivity contribution in [1.82, 2.24) is 4.90 Å². The molecule has 0 aliphatic heterocycles. The molecule has 0 saturated heterocycles. The largest absolute Gasteiger partial charge is 0.480 e. The Balaban J connectivity index is 4.81. The first-order chi connectivity index (χ1) is 6.93. The van der Waals surface area contributed by atoms with Gasteiger partial charge in [0.05, 0.1) is 0 Å². The van der Waals surface area contributed by atoms with Gasteiger partial charge in [-0.1, -0.05) is 20.8 Å². The summed E-state index contributed by atoms with van der Waals surface area (Å²) in [6, 6.07) is 0. The molecular weight excluding hydrogens is 227 g/mol. The third-order valence-corrected chi connectivity index (χ3v) is 1.52. The molecule has 0 aliphatic rings. The summed E-state index contributed by atoms with van der Waals surface area (Å²) in [7, 11) is 0. The quantitative estimate of drug-likeness (QED) is 0.814. The van der Waals surface area contributed by atoms with E-state index in [4.69, 9.17) is 5.11 Å². The van der Waals surface area contributed by atoms with Gasteiger partial charge < -0.3 is 10.0 Å². The Kier molecular flexibility index (Phi) is 4.34. The Morgan fingerprint density at radius 2 is 1.62 bits per heavy atom. The van der Waals surface area contributed by atoms with E-state index < -0.39 is 30.0 Å². The molecule has 0 aromatic carbocycles. The lowest BCUT2D eigenvalue weighted by Gasteiger charge is -2.29. The Hall–Kier alpha value is -1.27. The molecule has 0 radical (unpaired) electrons. The van der Waals surface area contributed by atoms with E-state index in [1.807, 2.05) is 0 Å². The second-order valence-electron chi connectivity index (χ2n) is 4.61. The van der Waals surface area contributed by atoms with Gasteiger partial charge >= 0.3 is 18.1 Å². The lowest BCUT2D eigenvalue weighted by molar-refractivity contribution is -0.187. The van der Waals surface area contributed by atoms with Crippen molar-refractivity contribution in [3.63, 3.8) is 0 Å². The van der Waals surface area contributed by atoms with E-state index in [0.29, 0.717) is 4.90 Å². The van der Waals surface area contributed by atoms with Gasteiger partial charge in [-0.15, -0.1) is 0 Å². The van der Waals surface area contributed by atoms with E-state index in [-0.39, 0.29) is 6.54 Å². The van der Waals surface area contributed by atoms with Crippen molar-refractivity contribution in [2.45, 2.75) is 26.9 Å².